The van der Waals surface area contributed by atoms with E-state index in [2.05, 4.69) is 10.3 Å². The lowest BCUT2D eigenvalue weighted by atomic mass is 10.2. The third kappa shape index (κ3) is 4.15. The summed E-state index contributed by atoms with van der Waals surface area (Å²) >= 11 is 2.50. The Morgan fingerprint density at radius 1 is 1.29 bits per heavy atom. The van der Waals surface area contributed by atoms with Crippen LogP contribution in [0.3, 0.4) is 0 Å². The summed E-state index contributed by atoms with van der Waals surface area (Å²) in [6, 6.07) is 7.39. The van der Waals surface area contributed by atoms with Crippen LogP contribution in [0.4, 0.5) is 9.93 Å². The van der Waals surface area contributed by atoms with Crippen LogP contribution in [-0.2, 0) is 4.79 Å². The van der Waals surface area contributed by atoms with Crippen molar-refractivity contribution in [1.29, 1.82) is 0 Å². The molecule has 2 heterocycles. The minimum absolute atomic E-state index is 0.337. The number of benzene rings is 1. The summed E-state index contributed by atoms with van der Waals surface area (Å²) in [7, 11) is 1.98. The van der Waals surface area contributed by atoms with E-state index < -0.39 is 0 Å². The first kappa shape index (κ1) is 16.5. The number of likely N-dealkylation sites (N-methyl/N-ethyl adjacent to an activating group) is 1. The summed E-state index contributed by atoms with van der Waals surface area (Å²) in [5.74, 6) is 0.403. The molecule has 0 radical (unpaired) electrons. The Morgan fingerprint density at radius 3 is 2.71 bits per heavy atom. The molecule has 0 spiro atoms. The number of hydrogen-bond acceptors (Lipinski definition) is 7. The van der Waals surface area contributed by atoms with E-state index >= 15 is 0 Å². The SMILES string of the molecule is CN(CCOc1ccc(/C=C2/SC(=O)NC2=O)cc1)c1nccs1. The predicted molar refractivity (Wildman–Crippen MR) is 96.4 cm³/mol. The molecule has 3 rings (SSSR count). The Bertz CT molecular complexity index is 757. The maximum Gasteiger partial charge on any atom is 0.290 e. The average molecular weight is 361 g/mol. The van der Waals surface area contributed by atoms with Gasteiger partial charge in [-0.3, -0.25) is 14.9 Å². The van der Waals surface area contributed by atoms with Gasteiger partial charge in [-0.1, -0.05) is 12.1 Å². The fraction of sp³-hybridized carbons (Fsp3) is 0.188. The molecule has 2 aromatic rings. The van der Waals surface area contributed by atoms with Crippen LogP contribution in [0.15, 0.2) is 40.7 Å². The van der Waals surface area contributed by atoms with E-state index in [-0.39, 0.29) is 11.1 Å². The van der Waals surface area contributed by atoms with Gasteiger partial charge >= 0.3 is 0 Å². The van der Waals surface area contributed by atoms with Crippen LogP contribution < -0.4 is 15.0 Å². The average Bonchev–Trinajstić information content (AvgIpc) is 3.19. The van der Waals surface area contributed by atoms with E-state index in [4.69, 9.17) is 4.74 Å². The molecule has 1 fully saturated rings. The highest BCUT2D eigenvalue weighted by atomic mass is 32.2. The van der Waals surface area contributed by atoms with Gasteiger partial charge in [0.05, 0.1) is 11.4 Å². The molecular formula is C16H15N3O3S2. The van der Waals surface area contributed by atoms with Crippen molar-refractivity contribution in [2.24, 2.45) is 0 Å². The van der Waals surface area contributed by atoms with Crippen LogP contribution in [0.2, 0.25) is 0 Å². The van der Waals surface area contributed by atoms with E-state index in [1.54, 1.807) is 23.6 Å². The number of amides is 2. The highest BCUT2D eigenvalue weighted by Gasteiger charge is 2.24. The van der Waals surface area contributed by atoms with Gasteiger partial charge in [0.2, 0.25) is 0 Å². The van der Waals surface area contributed by atoms with Crippen molar-refractivity contribution in [3.63, 3.8) is 0 Å². The molecule has 1 saturated heterocycles. The second kappa shape index (κ2) is 7.50. The number of imide groups is 1. The van der Waals surface area contributed by atoms with Crippen molar-refractivity contribution in [1.82, 2.24) is 10.3 Å². The standard InChI is InChI=1S/C16H15N3O3S2/c1-19(15-17-6-9-23-15)7-8-22-12-4-2-11(3-5-12)10-13-14(20)18-16(21)24-13/h2-6,9-10H,7-8H2,1H3,(H,18,20,21)/b13-10+. The van der Waals surface area contributed by atoms with E-state index in [0.717, 1.165) is 34.8 Å². The zero-order valence-electron chi connectivity index (χ0n) is 12.9. The molecule has 0 unspecified atom stereocenters. The highest BCUT2D eigenvalue weighted by molar-refractivity contribution is 8.18. The Kier molecular flexibility index (Phi) is 5.17. The monoisotopic (exact) mass is 361 g/mol. The molecule has 1 aromatic carbocycles. The number of nitrogens with zero attached hydrogens (tertiary/aromatic N) is 2. The first-order valence-corrected chi connectivity index (χ1v) is 8.90. The van der Waals surface area contributed by atoms with Crippen LogP contribution in [0.5, 0.6) is 5.75 Å². The normalized spacial score (nSPS) is 15.6. The molecule has 2 amide bonds. The summed E-state index contributed by atoms with van der Waals surface area (Å²) < 4.78 is 5.71. The Hall–Kier alpha value is -2.32. The second-order valence-electron chi connectivity index (χ2n) is 5.01. The quantitative estimate of drug-likeness (QED) is 0.798. The van der Waals surface area contributed by atoms with Gasteiger partial charge in [-0.2, -0.15) is 0 Å². The van der Waals surface area contributed by atoms with Gasteiger partial charge in [0.1, 0.15) is 12.4 Å². The Balaban J connectivity index is 1.52. The fourth-order valence-corrected chi connectivity index (χ4v) is 3.35. The number of nitrogens with one attached hydrogen (secondary N) is 1. The van der Waals surface area contributed by atoms with Gasteiger partial charge in [-0.25, -0.2) is 4.98 Å². The lowest BCUT2D eigenvalue weighted by Crippen LogP contribution is -2.23. The van der Waals surface area contributed by atoms with Crippen LogP contribution >= 0.6 is 23.1 Å². The number of hydrogen-bond donors (Lipinski definition) is 1. The summed E-state index contributed by atoms with van der Waals surface area (Å²) in [6.07, 6.45) is 3.46. The first-order chi connectivity index (χ1) is 11.6. The third-order valence-corrected chi connectivity index (χ3v) is 4.96. The number of carbonyl (C=O) groups excluding carboxylic acids is 2. The second-order valence-corrected chi connectivity index (χ2v) is 6.89. The van der Waals surface area contributed by atoms with Crippen LogP contribution in [0, 0.1) is 0 Å². The molecule has 6 nitrogen and oxygen atoms in total. The number of aromatic nitrogens is 1. The van der Waals surface area contributed by atoms with Crippen molar-refractivity contribution in [2.75, 3.05) is 25.1 Å². The molecule has 1 aliphatic heterocycles. The van der Waals surface area contributed by atoms with Gasteiger partial charge in [-0.05, 0) is 35.5 Å². The number of thiazole rings is 1. The number of anilines is 1. The minimum atomic E-state index is -0.351. The van der Waals surface area contributed by atoms with E-state index in [9.17, 15) is 9.59 Å². The van der Waals surface area contributed by atoms with Gasteiger partial charge in [0.15, 0.2) is 5.13 Å². The maximum absolute atomic E-state index is 11.5. The molecule has 0 saturated carbocycles. The lowest BCUT2D eigenvalue weighted by molar-refractivity contribution is -0.115. The molecule has 0 aliphatic carbocycles. The minimum Gasteiger partial charge on any atom is -0.492 e. The Morgan fingerprint density at radius 2 is 2.08 bits per heavy atom. The maximum atomic E-state index is 11.5. The summed E-state index contributed by atoms with van der Waals surface area (Å²) in [5.41, 5.74) is 0.842. The van der Waals surface area contributed by atoms with Crippen molar-refractivity contribution in [3.05, 3.63) is 46.3 Å². The molecule has 0 bridgehead atoms. The summed E-state index contributed by atoms with van der Waals surface area (Å²) in [4.78, 5) is 29.3. The van der Waals surface area contributed by atoms with Crippen molar-refractivity contribution >= 4 is 45.5 Å². The largest absolute Gasteiger partial charge is 0.492 e. The molecule has 8 heteroatoms. The van der Waals surface area contributed by atoms with Crippen molar-refractivity contribution < 1.29 is 14.3 Å². The summed E-state index contributed by atoms with van der Waals surface area (Å²) in [6.45, 7) is 1.28. The number of carbonyl (C=O) groups is 2. The van der Waals surface area contributed by atoms with Gasteiger partial charge < -0.3 is 9.64 Å². The first-order valence-electron chi connectivity index (χ1n) is 7.20. The number of thioether (sulfide) groups is 1. The fourth-order valence-electron chi connectivity index (χ4n) is 2.03. The van der Waals surface area contributed by atoms with Crippen molar-refractivity contribution in [2.45, 2.75) is 0 Å². The zero-order valence-corrected chi connectivity index (χ0v) is 14.5. The van der Waals surface area contributed by atoms with E-state index in [1.165, 1.54) is 0 Å². The molecule has 0 atom stereocenters. The number of ether oxygens (including phenoxy) is 1. The summed E-state index contributed by atoms with van der Waals surface area (Å²) in [5, 5.41) is 4.80. The smallest absolute Gasteiger partial charge is 0.290 e. The molecule has 1 aromatic heterocycles. The van der Waals surface area contributed by atoms with Gasteiger partial charge in [0, 0.05) is 18.6 Å². The molecule has 124 valence electrons. The number of rotatable bonds is 6. The molecular weight excluding hydrogens is 346 g/mol. The van der Waals surface area contributed by atoms with E-state index in [1.807, 2.05) is 41.6 Å². The topological polar surface area (TPSA) is 71.5 Å². The predicted octanol–water partition coefficient (Wildman–Crippen LogP) is 2.98. The van der Waals surface area contributed by atoms with Gasteiger partial charge in [0.25, 0.3) is 11.1 Å². The highest BCUT2D eigenvalue weighted by Crippen LogP contribution is 2.26. The van der Waals surface area contributed by atoms with Crippen LogP contribution in [0.1, 0.15) is 5.56 Å². The molecule has 1 aliphatic rings. The van der Waals surface area contributed by atoms with Gasteiger partial charge in [-0.15, -0.1) is 11.3 Å². The zero-order chi connectivity index (χ0) is 16.9. The third-order valence-electron chi connectivity index (χ3n) is 3.26. The Labute approximate surface area is 147 Å². The molecule has 1 N–H and O–H groups in total. The molecule has 24 heavy (non-hydrogen) atoms. The van der Waals surface area contributed by atoms with Crippen LogP contribution in [0.25, 0.3) is 6.08 Å². The lowest BCUT2D eigenvalue weighted by Gasteiger charge is -2.15. The van der Waals surface area contributed by atoms with Crippen molar-refractivity contribution in [3.8, 4) is 5.75 Å². The van der Waals surface area contributed by atoms with Crippen LogP contribution in [-0.4, -0.2) is 36.3 Å². The van der Waals surface area contributed by atoms with E-state index in [0.29, 0.717) is 11.5 Å².